The van der Waals surface area contributed by atoms with E-state index in [2.05, 4.69) is 82.4 Å². The third-order valence-electron chi connectivity index (χ3n) is 8.11. The van der Waals surface area contributed by atoms with Crippen molar-refractivity contribution in [3.05, 3.63) is 72.8 Å². The Hall–Kier alpha value is -3.27. The van der Waals surface area contributed by atoms with Gasteiger partial charge in [-0.1, -0.05) is 81.4 Å². The number of carbonyl (C=O) groups is 1. The molecule has 2 aliphatic heterocycles. The van der Waals surface area contributed by atoms with E-state index in [0.29, 0.717) is 11.8 Å². The lowest BCUT2D eigenvalue weighted by atomic mass is 9.84. The molecule has 0 N–H and O–H groups in total. The van der Waals surface area contributed by atoms with Crippen LogP contribution in [0.3, 0.4) is 0 Å². The lowest BCUT2D eigenvalue weighted by molar-refractivity contribution is -0.142. The second-order valence-corrected chi connectivity index (χ2v) is 13.4. The molecule has 0 spiro atoms. The number of carbonyl (C=O) groups excluding carboxylic acids is 1. The summed E-state index contributed by atoms with van der Waals surface area (Å²) in [5, 5.41) is 6.95. The van der Waals surface area contributed by atoms with Gasteiger partial charge >= 0.3 is 8.16 Å². The fraction of sp³-hybridized carbons (Fsp3) is 0.344. The first-order chi connectivity index (χ1) is 18.3. The monoisotopic (exact) mass is 524 g/mol. The molecule has 0 saturated carbocycles. The highest BCUT2D eigenvalue weighted by atomic mass is 31.1. The largest absolute Gasteiger partial charge is 0.408 e. The standard InChI is InChI=1S/C32H33N2O3P/c1-32(2,3)31(35)33-17-21-16-22(18-33)20-34(19-21)38-36-27-14-12-23-8-4-6-10-25(23)29(27)30-26-11-7-5-9-24(26)13-15-28(30)37-38/h4-15,21-22H,16-20H2,1-3H3. The minimum Gasteiger partial charge on any atom is -0.408 e. The zero-order chi connectivity index (χ0) is 26.0. The lowest BCUT2D eigenvalue weighted by Crippen LogP contribution is -2.55. The van der Waals surface area contributed by atoms with Gasteiger partial charge in [0.1, 0.15) is 11.2 Å². The van der Waals surface area contributed by atoms with E-state index >= 15 is 0 Å². The number of amides is 1. The maximum absolute atomic E-state index is 13.0. The van der Waals surface area contributed by atoms with Crippen molar-refractivity contribution in [1.82, 2.24) is 4.90 Å². The maximum Gasteiger partial charge on any atom is 0.309 e. The molecule has 5 nitrogen and oxygen atoms in total. The molecule has 6 heteroatoms. The van der Waals surface area contributed by atoms with Gasteiger partial charge in [0.2, 0.25) is 5.91 Å². The zero-order valence-corrected chi connectivity index (χ0v) is 23.1. The van der Waals surface area contributed by atoms with E-state index in [1.54, 1.807) is 0 Å². The van der Waals surface area contributed by atoms with E-state index in [1.807, 2.05) is 20.8 Å². The van der Waals surface area contributed by atoms with Crippen LogP contribution in [0.25, 0.3) is 43.5 Å². The average molecular weight is 525 g/mol. The molecule has 7 rings (SSSR count). The second kappa shape index (κ2) is 8.90. The van der Waals surface area contributed by atoms with Crippen LogP contribution in [0.5, 0.6) is 0 Å². The lowest BCUT2D eigenvalue weighted by Gasteiger charge is -2.45. The van der Waals surface area contributed by atoms with E-state index in [9.17, 15) is 4.79 Å². The quantitative estimate of drug-likeness (QED) is 0.223. The van der Waals surface area contributed by atoms with Crippen molar-refractivity contribution >= 4 is 57.6 Å². The first kappa shape index (κ1) is 23.8. The number of likely N-dealkylation sites (tertiary alicyclic amines) is 1. The van der Waals surface area contributed by atoms with Gasteiger partial charge in [0, 0.05) is 42.4 Å². The summed E-state index contributed by atoms with van der Waals surface area (Å²) in [5.41, 5.74) is 1.41. The summed E-state index contributed by atoms with van der Waals surface area (Å²) in [6.45, 7) is 9.44. The number of benzene rings is 4. The van der Waals surface area contributed by atoms with Crippen molar-refractivity contribution in [2.75, 3.05) is 30.8 Å². The molecule has 3 heterocycles. The van der Waals surface area contributed by atoms with Crippen molar-refractivity contribution in [3.8, 4) is 0 Å². The minimum atomic E-state index is -1.35. The Kier molecular flexibility index (Phi) is 5.58. The fourth-order valence-corrected chi connectivity index (χ4v) is 8.14. The van der Waals surface area contributed by atoms with Gasteiger partial charge in [-0.25, -0.2) is 4.67 Å². The Morgan fingerprint density at radius 2 is 1.24 bits per heavy atom. The molecule has 2 aliphatic rings. The van der Waals surface area contributed by atoms with Crippen molar-refractivity contribution < 1.29 is 13.2 Å². The Morgan fingerprint density at radius 3 is 1.74 bits per heavy atom. The van der Waals surface area contributed by atoms with E-state index in [1.165, 1.54) is 21.5 Å². The molecular weight excluding hydrogens is 491 g/mol. The van der Waals surface area contributed by atoms with Crippen LogP contribution in [0, 0.1) is 17.3 Å². The first-order valence-electron chi connectivity index (χ1n) is 13.6. The number of hydrogen-bond acceptors (Lipinski definition) is 4. The summed E-state index contributed by atoms with van der Waals surface area (Å²) >= 11 is 0. The van der Waals surface area contributed by atoms with Crippen LogP contribution in [0.2, 0.25) is 0 Å². The molecular formula is C32H33N2O3P. The normalized spacial score (nSPS) is 20.4. The molecule has 194 valence electrons. The van der Waals surface area contributed by atoms with Gasteiger partial charge < -0.3 is 13.3 Å². The Balaban J connectivity index is 1.39. The molecule has 2 bridgehead atoms. The van der Waals surface area contributed by atoms with Crippen LogP contribution < -0.4 is 4.67 Å². The summed E-state index contributed by atoms with van der Waals surface area (Å²) < 4.78 is 16.0. The Bertz CT molecular complexity index is 1640. The third kappa shape index (κ3) is 4.00. The van der Waals surface area contributed by atoms with Gasteiger partial charge in [0.05, 0.1) is 0 Å². The van der Waals surface area contributed by atoms with Gasteiger partial charge in [-0.15, -0.1) is 0 Å². The SMILES string of the molecule is CC(C)(C)C(=O)N1CC2CC(C1)CN(p1oc3ccc4ccccc4c3c3c(ccc4ccccc43)o1)C2. The van der Waals surface area contributed by atoms with Crippen LogP contribution in [-0.4, -0.2) is 37.0 Å². The highest BCUT2D eigenvalue weighted by molar-refractivity contribution is 7.39. The predicted molar refractivity (Wildman–Crippen MR) is 157 cm³/mol. The van der Waals surface area contributed by atoms with Crippen LogP contribution in [0.1, 0.15) is 27.2 Å². The van der Waals surface area contributed by atoms with Gasteiger partial charge in [-0.2, -0.15) is 0 Å². The molecule has 2 fully saturated rings. The summed E-state index contributed by atoms with van der Waals surface area (Å²) in [6.07, 6.45) is 1.16. The third-order valence-corrected chi connectivity index (χ3v) is 9.60. The number of fused-ring (bicyclic) bond motifs is 9. The number of piperidine rings is 2. The van der Waals surface area contributed by atoms with Gasteiger partial charge in [0.15, 0.2) is 0 Å². The maximum atomic E-state index is 13.0. The number of hydrogen-bond donors (Lipinski definition) is 0. The molecule has 2 atom stereocenters. The van der Waals surface area contributed by atoms with Crippen LogP contribution in [-0.2, 0) is 4.79 Å². The molecule has 1 aromatic heterocycles. The van der Waals surface area contributed by atoms with E-state index in [-0.39, 0.29) is 11.3 Å². The molecule has 4 aromatic carbocycles. The van der Waals surface area contributed by atoms with Crippen molar-refractivity contribution in [2.45, 2.75) is 27.2 Å². The van der Waals surface area contributed by atoms with Crippen molar-refractivity contribution in [1.29, 1.82) is 0 Å². The topological polar surface area (TPSA) is 49.8 Å². The summed E-state index contributed by atoms with van der Waals surface area (Å²) in [4.78, 5) is 15.1. The highest BCUT2D eigenvalue weighted by Crippen LogP contribution is 2.44. The van der Waals surface area contributed by atoms with Crippen molar-refractivity contribution in [3.63, 3.8) is 0 Å². The Morgan fingerprint density at radius 1 is 0.737 bits per heavy atom. The number of rotatable bonds is 1. The van der Waals surface area contributed by atoms with Gasteiger partial charge in [-0.05, 0) is 51.9 Å². The molecule has 2 saturated heterocycles. The van der Waals surface area contributed by atoms with E-state index < -0.39 is 8.16 Å². The first-order valence-corrected chi connectivity index (χ1v) is 14.7. The predicted octanol–water partition coefficient (Wildman–Crippen LogP) is 8.06. The number of nitrogens with zero attached hydrogens (tertiary/aromatic N) is 2. The van der Waals surface area contributed by atoms with Crippen LogP contribution in [0.4, 0.5) is 0 Å². The molecule has 0 radical (unpaired) electrons. The van der Waals surface area contributed by atoms with Crippen LogP contribution >= 0.6 is 8.16 Å². The van der Waals surface area contributed by atoms with Crippen LogP contribution in [0.15, 0.2) is 81.2 Å². The second-order valence-electron chi connectivity index (χ2n) is 12.0. The minimum absolute atomic E-state index is 0.259. The summed E-state index contributed by atoms with van der Waals surface area (Å²) in [6, 6.07) is 25.6. The van der Waals surface area contributed by atoms with Gasteiger partial charge in [-0.3, -0.25) is 4.79 Å². The molecule has 0 aliphatic carbocycles. The smallest absolute Gasteiger partial charge is 0.309 e. The van der Waals surface area contributed by atoms with Crippen molar-refractivity contribution in [2.24, 2.45) is 17.3 Å². The molecule has 5 aromatic rings. The van der Waals surface area contributed by atoms with E-state index in [0.717, 1.165) is 54.5 Å². The highest BCUT2D eigenvalue weighted by Gasteiger charge is 2.40. The molecule has 2 unspecified atom stereocenters. The summed E-state index contributed by atoms with van der Waals surface area (Å²) in [5.74, 6) is 1.12. The fourth-order valence-electron chi connectivity index (χ4n) is 6.50. The molecule has 1 amide bonds. The molecule has 38 heavy (non-hydrogen) atoms. The Labute approximate surface area is 223 Å². The zero-order valence-electron chi connectivity index (χ0n) is 22.2. The van der Waals surface area contributed by atoms with Gasteiger partial charge in [0.25, 0.3) is 0 Å². The summed E-state index contributed by atoms with van der Waals surface area (Å²) in [7, 11) is -1.35. The van der Waals surface area contributed by atoms with E-state index in [4.69, 9.17) is 8.39 Å². The average Bonchev–Trinajstić information content (AvgIpc) is 3.09.